The van der Waals surface area contributed by atoms with Crippen molar-refractivity contribution in [1.82, 2.24) is 0 Å². The number of hydrogen-bond acceptors (Lipinski definition) is 1. The highest BCUT2D eigenvalue weighted by Crippen LogP contribution is 2.33. The van der Waals surface area contributed by atoms with Crippen molar-refractivity contribution in [3.05, 3.63) is 0 Å². The molecule has 0 amide bonds. The fourth-order valence-electron chi connectivity index (χ4n) is 2.73. The lowest BCUT2D eigenvalue weighted by Gasteiger charge is -2.38. The van der Waals surface area contributed by atoms with Crippen LogP contribution in [0, 0.1) is 17.8 Å². The summed E-state index contributed by atoms with van der Waals surface area (Å²) in [5.74, 6) is 2.20. The van der Waals surface area contributed by atoms with E-state index in [1.807, 2.05) is 0 Å². The minimum Gasteiger partial charge on any atom is -0.422 e. The van der Waals surface area contributed by atoms with Gasteiger partial charge in [-0.15, -0.1) is 0 Å². The van der Waals surface area contributed by atoms with E-state index in [4.69, 9.17) is 4.43 Å². The smallest absolute Gasteiger partial charge is 0.146 e. The van der Waals surface area contributed by atoms with Crippen molar-refractivity contribution in [2.24, 2.45) is 17.8 Å². The zero-order valence-electron chi connectivity index (χ0n) is 11.8. The van der Waals surface area contributed by atoms with E-state index < -0.39 is 0 Å². The maximum atomic E-state index is 6.01. The van der Waals surface area contributed by atoms with E-state index in [9.17, 15) is 0 Å². The quantitative estimate of drug-likeness (QED) is 0.611. The van der Waals surface area contributed by atoms with Crippen molar-refractivity contribution in [2.45, 2.75) is 66.4 Å². The van der Waals surface area contributed by atoms with Crippen molar-refractivity contribution >= 4 is 10.5 Å². The molecule has 0 rings (SSSR count). The fourth-order valence-corrected chi connectivity index (χ4v) is 3.23. The summed E-state index contributed by atoms with van der Waals surface area (Å²) < 4.78 is 6.01. The van der Waals surface area contributed by atoms with Crippen molar-refractivity contribution in [3.63, 3.8) is 0 Å². The molecule has 2 heteroatoms. The van der Waals surface area contributed by atoms with Crippen LogP contribution in [0.3, 0.4) is 0 Å². The lowest BCUT2D eigenvalue weighted by molar-refractivity contribution is 0.0149. The van der Waals surface area contributed by atoms with Crippen LogP contribution in [0.15, 0.2) is 0 Å². The summed E-state index contributed by atoms with van der Waals surface area (Å²) >= 11 is 0. The average molecular weight is 230 g/mol. The average Bonchev–Trinajstić information content (AvgIpc) is 1.99. The summed E-state index contributed by atoms with van der Waals surface area (Å²) in [5, 5.41) is 0. The van der Waals surface area contributed by atoms with E-state index in [2.05, 4.69) is 41.5 Å². The summed E-state index contributed by atoms with van der Waals surface area (Å²) in [7, 11) is 0.862. The summed E-state index contributed by atoms with van der Waals surface area (Å²) in [5.41, 5.74) is 0.169. The Morgan fingerprint density at radius 2 is 1.07 bits per heavy atom. The van der Waals surface area contributed by atoms with E-state index in [1.54, 1.807) is 0 Å². The predicted octanol–water partition coefficient (Wildman–Crippen LogP) is 3.16. The molecule has 0 aliphatic carbocycles. The Labute approximate surface area is 99.5 Å². The Bertz CT molecular complexity index is 137. The zero-order chi connectivity index (χ0) is 12.1. The van der Waals surface area contributed by atoms with Crippen LogP contribution in [-0.2, 0) is 4.43 Å². The van der Waals surface area contributed by atoms with E-state index in [-0.39, 0.29) is 5.60 Å². The molecule has 0 aromatic carbocycles. The number of hydrogen-bond donors (Lipinski definition) is 0. The lowest BCUT2D eigenvalue weighted by Crippen LogP contribution is -2.36. The zero-order valence-corrected chi connectivity index (χ0v) is 13.8. The van der Waals surface area contributed by atoms with Crippen LogP contribution in [0.25, 0.3) is 0 Å². The van der Waals surface area contributed by atoms with E-state index >= 15 is 0 Å². The molecule has 0 atom stereocenters. The summed E-state index contributed by atoms with van der Waals surface area (Å²) in [4.78, 5) is 0. The lowest BCUT2D eigenvalue weighted by atomic mass is 9.79. The Kier molecular flexibility index (Phi) is 6.77. The molecule has 0 radical (unpaired) electrons. The van der Waals surface area contributed by atoms with Gasteiger partial charge in [0.25, 0.3) is 0 Å². The third-order valence-electron chi connectivity index (χ3n) is 2.77. The van der Waals surface area contributed by atoms with Crippen molar-refractivity contribution in [1.29, 1.82) is 0 Å². The summed E-state index contributed by atoms with van der Waals surface area (Å²) in [6, 6.07) is 0. The topological polar surface area (TPSA) is 9.23 Å². The molecular weight excluding hydrogens is 200 g/mol. The Morgan fingerprint density at radius 3 is 1.20 bits per heavy atom. The molecular formula is C13H30OSi. The standard InChI is InChI=1S/C13H30OSi/c1-10(2)7-13(14-15,8-11(3)4)9-12(5)6/h10-12H,7-9H2,1-6,15H3. The molecule has 15 heavy (non-hydrogen) atoms. The second-order valence-corrected chi connectivity index (χ2v) is 6.59. The van der Waals surface area contributed by atoms with Crippen LogP contribution in [-0.4, -0.2) is 16.1 Å². The molecule has 0 aliphatic heterocycles. The van der Waals surface area contributed by atoms with Gasteiger partial charge in [-0.3, -0.25) is 0 Å². The highest BCUT2D eigenvalue weighted by atomic mass is 28.2. The van der Waals surface area contributed by atoms with Gasteiger partial charge in [0.15, 0.2) is 0 Å². The molecule has 0 heterocycles. The molecule has 0 N–H and O–H groups in total. The van der Waals surface area contributed by atoms with Gasteiger partial charge < -0.3 is 4.43 Å². The van der Waals surface area contributed by atoms with E-state index in [0.29, 0.717) is 0 Å². The van der Waals surface area contributed by atoms with Crippen molar-refractivity contribution in [3.8, 4) is 0 Å². The first-order valence-corrected chi connectivity index (χ1v) is 7.18. The third kappa shape index (κ3) is 6.36. The molecule has 0 fully saturated rings. The van der Waals surface area contributed by atoms with Gasteiger partial charge in [0.05, 0.1) is 5.60 Å². The molecule has 0 unspecified atom stereocenters. The maximum absolute atomic E-state index is 6.01. The Hall–Kier alpha value is 0.177. The SMILES string of the molecule is CC(C)CC(CC(C)C)(CC(C)C)O[SiH3]. The third-order valence-corrected chi connectivity index (χ3v) is 3.64. The van der Waals surface area contributed by atoms with E-state index in [0.717, 1.165) is 28.2 Å². The largest absolute Gasteiger partial charge is 0.422 e. The fraction of sp³-hybridized carbons (Fsp3) is 1.00. The first-order chi connectivity index (χ1) is 6.81. The second-order valence-electron chi connectivity index (χ2n) is 6.18. The van der Waals surface area contributed by atoms with Gasteiger partial charge in [0, 0.05) is 0 Å². The molecule has 0 saturated carbocycles. The van der Waals surface area contributed by atoms with Crippen LogP contribution in [0.5, 0.6) is 0 Å². The van der Waals surface area contributed by atoms with Crippen LogP contribution in [0.1, 0.15) is 60.8 Å². The summed E-state index contributed by atoms with van der Waals surface area (Å²) in [6.45, 7) is 13.8. The number of rotatable bonds is 7. The second kappa shape index (κ2) is 6.69. The highest BCUT2D eigenvalue weighted by Gasteiger charge is 2.31. The molecule has 0 aliphatic rings. The van der Waals surface area contributed by atoms with Crippen LogP contribution in [0.2, 0.25) is 0 Å². The van der Waals surface area contributed by atoms with Crippen LogP contribution < -0.4 is 0 Å². The molecule has 0 aromatic rings. The molecule has 0 bridgehead atoms. The van der Waals surface area contributed by atoms with Gasteiger partial charge in [-0.2, -0.15) is 0 Å². The predicted molar refractivity (Wildman–Crippen MR) is 72.1 cm³/mol. The Balaban J connectivity index is 4.59. The minimum absolute atomic E-state index is 0.169. The van der Waals surface area contributed by atoms with Crippen molar-refractivity contribution < 1.29 is 4.43 Å². The highest BCUT2D eigenvalue weighted by molar-refractivity contribution is 5.98. The van der Waals surface area contributed by atoms with Crippen LogP contribution >= 0.6 is 0 Å². The molecule has 0 spiro atoms. The molecule has 0 aromatic heterocycles. The molecule has 0 saturated heterocycles. The Morgan fingerprint density at radius 1 is 0.800 bits per heavy atom. The minimum atomic E-state index is 0.169. The van der Waals surface area contributed by atoms with Gasteiger partial charge in [-0.05, 0) is 37.0 Å². The maximum Gasteiger partial charge on any atom is 0.146 e. The first-order valence-electron chi connectivity index (χ1n) is 6.36. The van der Waals surface area contributed by atoms with Gasteiger partial charge in [0.2, 0.25) is 0 Å². The first kappa shape index (κ1) is 15.2. The normalized spacial score (nSPS) is 13.4. The van der Waals surface area contributed by atoms with Crippen LogP contribution in [0.4, 0.5) is 0 Å². The van der Waals surface area contributed by atoms with Gasteiger partial charge >= 0.3 is 0 Å². The summed E-state index contributed by atoms with van der Waals surface area (Å²) in [6.07, 6.45) is 3.65. The van der Waals surface area contributed by atoms with Crippen molar-refractivity contribution in [2.75, 3.05) is 0 Å². The van der Waals surface area contributed by atoms with E-state index in [1.165, 1.54) is 19.3 Å². The van der Waals surface area contributed by atoms with Gasteiger partial charge in [0.1, 0.15) is 10.5 Å². The molecule has 1 nitrogen and oxygen atoms in total. The van der Waals surface area contributed by atoms with Gasteiger partial charge in [-0.1, -0.05) is 41.5 Å². The molecule has 92 valence electrons. The monoisotopic (exact) mass is 230 g/mol. The van der Waals surface area contributed by atoms with Gasteiger partial charge in [-0.25, -0.2) is 0 Å².